The molecule has 0 amide bonds. The summed E-state index contributed by atoms with van der Waals surface area (Å²) in [6.45, 7) is 0. The number of aromatic nitrogens is 4. The average molecular weight is 858 g/mol. The fraction of sp³-hybridized carbons (Fsp3) is 0.0833. The third kappa shape index (κ3) is 7.25. The summed E-state index contributed by atoms with van der Waals surface area (Å²) in [5.41, 5.74) is 10.0. The Morgan fingerprint density at radius 3 is 1.44 bits per heavy atom. The Labute approximate surface area is 359 Å². The molecule has 4 aromatic carbocycles. The molecule has 9 rings (SSSR count). The van der Waals surface area contributed by atoms with E-state index >= 15 is 0 Å². The number of nitrogens with one attached hydrogen (secondary N) is 1. The number of aromatic amines is 1. The molecule has 12 nitrogen and oxygen atoms in total. The normalized spacial score (nSPS) is 11.6. The number of methoxy groups -OCH3 is 4. The third-order valence-corrected chi connectivity index (χ3v) is 10.5. The first kappa shape index (κ1) is 40.2. The maximum absolute atomic E-state index is 10.9. The Morgan fingerprint density at radius 2 is 0.902 bits per heavy atom. The van der Waals surface area contributed by atoms with Gasteiger partial charge in [-0.15, -0.1) is 0 Å². The summed E-state index contributed by atoms with van der Waals surface area (Å²) < 4.78 is 24.8. The zero-order valence-corrected chi connectivity index (χ0v) is 34.2. The minimum Gasteiger partial charge on any atom is -0.504 e. The molecule has 61 heavy (non-hydrogen) atoms. The average Bonchev–Trinajstić information content (AvgIpc) is 4.07. The number of hydrogen-bond donors (Lipinski definition) is 5. The van der Waals surface area contributed by atoms with Crippen LogP contribution in [0.3, 0.4) is 0 Å². The number of hydrogen-bond acceptors (Lipinski definition) is 10. The number of phenols is 4. The molecule has 0 saturated carbocycles. The summed E-state index contributed by atoms with van der Waals surface area (Å²) in [6.07, 6.45) is 7.73. The molecule has 0 unspecified atom stereocenters. The monoisotopic (exact) mass is 856 g/mol. The second-order valence-electron chi connectivity index (χ2n) is 14.1. The van der Waals surface area contributed by atoms with Gasteiger partial charge in [0.25, 0.3) is 0 Å². The van der Waals surface area contributed by atoms with E-state index in [9.17, 15) is 20.4 Å². The number of benzene rings is 4. The van der Waals surface area contributed by atoms with E-state index in [0.29, 0.717) is 67.2 Å². The Hall–Kier alpha value is -7.63. The molecule has 5 heterocycles. The van der Waals surface area contributed by atoms with Gasteiger partial charge in [0, 0.05) is 50.3 Å². The maximum atomic E-state index is 10.9. The first-order valence-electron chi connectivity index (χ1n) is 18.8. The standard InChI is InChI=1S/C48H38N4O8.Ni/c1-57-41-19-26(5-15-37(41)53)45-35-14-12-32(51-35)23-31-9-8-29(49-31)22-30-10-11-33(50-30)24-36-46(27-6-16-38(54)42(20-27)58-2)47(28-7-17-39(55)43(21-28)59-3)48(45)52(36)34-13-18-40(56)44(25-34)60-4;/h5-25,49,53-56H,1-4H3;. The molecule has 0 saturated heterocycles. The summed E-state index contributed by atoms with van der Waals surface area (Å²) >= 11 is 0. The van der Waals surface area contributed by atoms with Crippen molar-refractivity contribution < 1.29 is 55.9 Å². The number of fused-ring (bicyclic) bond motifs is 8. The van der Waals surface area contributed by atoms with Crippen LogP contribution in [0.15, 0.2) is 103 Å². The van der Waals surface area contributed by atoms with Crippen LogP contribution in [-0.2, 0) is 16.5 Å². The quantitative estimate of drug-likeness (QED) is 0.0930. The van der Waals surface area contributed by atoms with E-state index in [4.69, 9.17) is 28.9 Å². The molecular weight excluding hydrogens is 819 g/mol. The molecule has 2 aliphatic rings. The van der Waals surface area contributed by atoms with Crippen LogP contribution in [0.25, 0.3) is 85.4 Å². The van der Waals surface area contributed by atoms with Gasteiger partial charge < -0.3 is 48.9 Å². The van der Waals surface area contributed by atoms with Gasteiger partial charge in [0.15, 0.2) is 46.0 Å². The molecule has 2 aliphatic heterocycles. The Morgan fingerprint density at radius 1 is 0.459 bits per heavy atom. The molecule has 0 atom stereocenters. The van der Waals surface area contributed by atoms with Crippen molar-refractivity contribution in [3.05, 3.63) is 126 Å². The van der Waals surface area contributed by atoms with E-state index in [0.717, 1.165) is 16.7 Å². The van der Waals surface area contributed by atoms with Crippen molar-refractivity contribution in [3.63, 3.8) is 0 Å². The van der Waals surface area contributed by atoms with Crippen molar-refractivity contribution in [2.24, 2.45) is 0 Å². The van der Waals surface area contributed by atoms with Crippen LogP contribution in [0.4, 0.5) is 0 Å². The van der Waals surface area contributed by atoms with Gasteiger partial charge >= 0.3 is 0 Å². The molecule has 5 N–H and O–H groups in total. The largest absolute Gasteiger partial charge is 0.504 e. The van der Waals surface area contributed by atoms with Gasteiger partial charge in [0.2, 0.25) is 0 Å². The molecule has 3 aromatic heterocycles. The zero-order valence-electron chi connectivity index (χ0n) is 33.2. The smallest absolute Gasteiger partial charge is 0.162 e. The molecule has 0 aliphatic carbocycles. The van der Waals surface area contributed by atoms with Crippen molar-refractivity contribution in [2.75, 3.05) is 28.4 Å². The summed E-state index contributed by atoms with van der Waals surface area (Å²) in [5, 5.41) is 43.6. The van der Waals surface area contributed by atoms with E-state index in [2.05, 4.69) is 4.98 Å². The summed E-state index contributed by atoms with van der Waals surface area (Å²) in [6, 6.07) is 30.3. The molecule has 8 bridgehead atoms. The van der Waals surface area contributed by atoms with E-state index < -0.39 is 0 Å². The Kier molecular flexibility index (Phi) is 10.7. The third-order valence-electron chi connectivity index (χ3n) is 10.5. The fourth-order valence-electron chi connectivity index (χ4n) is 7.73. The maximum Gasteiger partial charge on any atom is 0.162 e. The zero-order chi connectivity index (χ0) is 41.7. The van der Waals surface area contributed by atoms with Gasteiger partial charge in [-0.05, 0) is 120 Å². The van der Waals surface area contributed by atoms with E-state index in [1.165, 1.54) is 28.4 Å². The Balaban J connectivity index is 0.00000514. The van der Waals surface area contributed by atoms with Crippen molar-refractivity contribution in [1.82, 2.24) is 19.5 Å². The summed E-state index contributed by atoms with van der Waals surface area (Å²) in [4.78, 5) is 13.7. The van der Waals surface area contributed by atoms with Crippen LogP contribution >= 0.6 is 0 Å². The Bertz CT molecular complexity index is 3110. The minimum atomic E-state index is -0.0583. The van der Waals surface area contributed by atoms with E-state index in [1.807, 2.05) is 59.2 Å². The number of rotatable bonds is 8. The van der Waals surface area contributed by atoms with Gasteiger partial charge in [-0.1, -0.05) is 18.2 Å². The van der Waals surface area contributed by atoms with Crippen LogP contribution in [0, 0.1) is 0 Å². The van der Waals surface area contributed by atoms with Crippen molar-refractivity contribution in [1.29, 1.82) is 0 Å². The summed E-state index contributed by atoms with van der Waals surface area (Å²) in [7, 11) is 5.95. The number of phenolic OH excluding ortho intramolecular Hbond substituents is 4. The van der Waals surface area contributed by atoms with Gasteiger partial charge in [-0.2, -0.15) is 0 Å². The van der Waals surface area contributed by atoms with Crippen molar-refractivity contribution in [3.8, 4) is 85.1 Å². The number of H-pyrrole nitrogens is 1. The number of ether oxygens (including phenoxy) is 4. The van der Waals surface area contributed by atoms with Gasteiger partial charge in [-0.3, -0.25) is 0 Å². The van der Waals surface area contributed by atoms with Crippen molar-refractivity contribution >= 4 is 46.4 Å². The number of aromatic hydroxyl groups is 4. The molecule has 308 valence electrons. The number of nitrogens with zero attached hydrogens (tertiary/aromatic N) is 3. The summed E-state index contributed by atoms with van der Waals surface area (Å²) in [5.74, 6) is 0.721. The molecule has 0 radical (unpaired) electrons. The second kappa shape index (κ2) is 16.2. The second-order valence-corrected chi connectivity index (χ2v) is 14.1. The van der Waals surface area contributed by atoms with E-state index in [-0.39, 0.29) is 62.5 Å². The van der Waals surface area contributed by atoms with Crippen LogP contribution in [0.2, 0.25) is 0 Å². The first-order valence-corrected chi connectivity index (χ1v) is 18.8. The predicted molar refractivity (Wildman–Crippen MR) is 233 cm³/mol. The fourth-order valence-corrected chi connectivity index (χ4v) is 7.73. The van der Waals surface area contributed by atoms with E-state index in [1.54, 1.807) is 72.8 Å². The van der Waals surface area contributed by atoms with Crippen LogP contribution in [-0.4, -0.2) is 68.4 Å². The molecular formula is C48H38N4NiO8. The molecule has 0 fully saturated rings. The van der Waals surface area contributed by atoms with Gasteiger partial charge in [-0.25, -0.2) is 9.97 Å². The van der Waals surface area contributed by atoms with Gasteiger partial charge in [0.1, 0.15) is 0 Å². The van der Waals surface area contributed by atoms with Crippen LogP contribution in [0.5, 0.6) is 46.0 Å². The molecule has 7 aromatic rings. The SMILES string of the molecule is COc1cc(-c2c(-c3ccc(O)c(OC)c3)c3c(-c4ccc(O)c(OC)c4)c4nc(cc5ccc(cc6nc(cc2n3-c2ccc(O)c(OC)c2)C=C6)[nH]5)C=C4)ccc1O.[Ni]. The van der Waals surface area contributed by atoms with Crippen LogP contribution < -0.4 is 18.9 Å². The first-order chi connectivity index (χ1) is 29.2. The molecule has 13 heteroatoms. The van der Waals surface area contributed by atoms with Crippen LogP contribution in [0.1, 0.15) is 22.8 Å². The minimum absolute atomic E-state index is 0. The predicted octanol–water partition coefficient (Wildman–Crippen LogP) is 9.97. The topological polar surface area (TPSA) is 164 Å². The van der Waals surface area contributed by atoms with Gasteiger partial charge in [0.05, 0.1) is 67.9 Å². The van der Waals surface area contributed by atoms with Crippen molar-refractivity contribution in [2.45, 2.75) is 0 Å². The molecule has 0 spiro atoms.